The third kappa shape index (κ3) is 4.94. The van der Waals surface area contributed by atoms with Crippen LogP contribution < -0.4 is 5.32 Å². The Hall–Kier alpha value is -0.120. The van der Waals surface area contributed by atoms with Gasteiger partial charge in [-0.15, -0.1) is 0 Å². The van der Waals surface area contributed by atoms with Crippen LogP contribution in [0.5, 0.6) is 0 Å². The number of likely N-dealkylation sites (N-methyl/N-ethyl adjacent to an activating group) is 1. The lowest BCUT2D eigenvalue weighted by Crippen LogP contribution is -2.50. The molecule has 0 aliphatic heterocycles. The van der Waals surface area contributed by atoms with Crippen LogP contribution in [0.15, 0.2) is 0 Å². The topological polar surface area (TPSA) is 30.5 Å². The molecule has 0 rings (SSSR count). The van der Waals surface area contributed by atoms with Gasteiger partial charge >= 0.3 is 0 Å². The average molecular weight is 203 g/mol. The van der Waals surface area contributed by atoms with E-state index in [1.165, 1.54) is 0 Å². The third-order valence-corrected chi connectivity index (χ3v) is 2.30. The van der Waals surface area contributed by atoms with Crippen molar-refractivity contribution in [1.29, 1.82) is 0 Å². The molecule has 0 amide bonds. The first-order valence-corrected chi connectivity index (χ1v) is 5.36. The van der Waals surface area contributed by atoms with E-state index in [4.69, 9.17) is 9.47 Å². The molecule has 86 valence electrons. The zero-order chi connectivity index (χ0) is 11.2. The predicted molar refractivity (Wildman–Crippen MR) is 59.6 cm³/mol. The standard InChI is InChI=1S/C11H25NO2/c1-7-14-11(4,5)10(12-6)8-13-9(2)3/h9-10,12H,7-8H2,1-6H3. The van der Waals surface area contributed by atoms with Gasteiger partial charge < -0.3 is 14.8 Å². The molecule has 0 aliphatic carbocycles. The van der Waals surface area contributed by atoms with Crippen molar-refractivity contribution < 1.29 is 9.47 Å². The van der Waals surface area contributed by atoms with E-state index in [2.05, 4.69) is 19.2 Å². The van der Waals surface area contributed by atoms with Gasteiger partial charge in [-0.2, -0.15) is 0 Å². The molecule has 0 fully saturated rings. The number of hydrogen-bond donors (Lipinski definition) is 1. The predicted octanol–water partition coefficient (Wildman–Crippen LogP) is 1.81. The first-order chi connectivity index (χ1) is 6.44. The number of rotatable bonds is 7. The highest BCUT2D eigenvalue weighted by molar-refractivity contribution is 4.84. The number of ether oxygens (including phenoxy) is 2. The smallest absolute Gasteiger partial charge is 0.0801 e. The van der Waals surface area contributed by atoms with E-state index in [1.54, 1.807) is 0 Å². The highest BCUT2D eigenvalue weighted by atomic mass is 16.5. The van der Waals surface area contributed by atoms with Crippen molar-refractivity contribution in [2.24, 2.45) is 0 Å². The van der Waals surface area contributed by atoms with E-state index in [0.717, 1.165) is 6.61 Å². The van der Waals surface area contributed by atoms with Crippen LogP contribution >= 0.6 is 0 Å². The second-order valence-corrected chi connectivity index (χ2v) is 4.26. The Labute approximate surface area is 88.2 Å². The summed E-state index contributed by atoms with van der Waals surface area (Å²) in [5, 5.41) is 3.23. The fourth-order valence-electron chi connectivity index (χ4n) is 1.39. The summed E-state index contributed by atoms with van der Waals surface area (Å²) in [5.74, 6) is 0. The summed E-state index contributed by atoms with van der Waals surface area (Å²) in [4.78, 5) is 0. The van der Waals surface area contributed by atoms with Crippen molar-refractivity contribution in [3.63, 3.8) is 0 Å². The Morgan fingerprint density at radius 3 is 2.21 bits per heavy atom. The van der Waals surface area contributed by atoms with Crippen LogP contribution in [-0.4, -0.2) is 38.0 Å². The van der Waals surface area contributed by atoms with Gasteiger partial charge in [-0.3, -0.25) is 0 Å². The highest BCUT2D eigenvalue weighted by Gasteiger charge is 2.29. The fourth-order valence-corrected chi connectivity index (χ4v) is 1.39. The molecule has 1 unspecified atom stereocenters. The molecule has 14 heavy (non-hydrogen) atoms. The first kappa shape index (κ1) is 13.9. The van der Waals surface area contributed by atoms with E-state index < -0.39 is 0 Å². The number of nitrogens with one attached hydrogen (secondary N) is 1. The largest absolute Gasteiger partial charge is 0.377 e. The lowest BCUT2D eigenvalue weighted by atomic mass is 9.99. The maximum Gasteiger partial charge on any atom is 0.0801 e. The number of hydrogen-bond acceptors (Lipinski definition) is 3. The van der Waals surface area contributed by atoms with Crippen LogP contribution in [0.4, 0.5) is 0 Å². The van der Waals surface area contributed by atoms with Gasteiger partial charge in [0.15, 0.2) is 0 Å². The summed E-state index contributed by atoms with van der Waals surface area (Å²) < 4.78 is 11.3. The second-order valence-electron chi connectivity index (χ2n) is 4.26. The molecule has 0 aliphatic rings. The molecule has 3 heteroatoms. The van der Waals surface area contributed by atoms with Crippen molar-refractivity contribution in [3.05, 3.63) is 0 Å². The molecular weight excluding hydrogens is 178 g/mol. The fraction of sp³-hybridized carbons (Fsp3) is 1.00. The Kier molecular flexibility index (Phi) is 6.33. The van der Waals surface area contributed by atoms with Gasteiger partial charge in [-0.25, -0.2) is 0 Å². The summed E-state index contributed by atoms with van der Waals surface area (Å²) in [6.45, 7) is 11.7. The lowest BCUT2D eigenvalue weighted by molar-refractivity contribution is -0.0653. The van der Waals surface area contributed by atoms with E-state index in [9.17, 15) is 0 Å². The molecule has 0 saturated carbocycles. The maximum absolute atomic E-state index is 5.67. The summed E-state index contributed by atoms with van der Waals surface area (Å²) in [5.41, 5.74) is -0.182. The normalized spacial score (nSPS) is 14.8. The van der Waals surface area contributed by atoms with Crippen molar-refractivity contribution in [2.75, 3.05) is 20.3 Å². The van der Waals surface area contributed by atoms with Crippen LogP contribution in [-0.2, 0) is 9.47 Å². The molecule has 0 aromatic carbocycles. The van der Waals surface area contributed by atoms with Gasteiger partial charge in [0.05, 0.1) is 24.4 Å². The minimum absolute atomic E-state index is 0.182. The third-order valence-electron chi connectivity index (χ3n) is 2.30. The van der Waals surface area contributed by atoms with Crippen molar-refractivity contribution >= 4 is 0 Å². The molecule has 0 radical (unpaired) electrons. The Morgan fingerprint density at radius 1 is 1.29 bits per heavy atom. The average Bonchev–Trinajstić information content (AvgIpc) is 2.03. The lowest BCUT2D eigenvalue weighted by Gasteiger charge is -2.34. The van der Waals surface area contributed by atoms with Gasteiger partial charge in [0.2, 0.25) is 0 Å². The Morgan fingerprint density at radius 2 is 1.86 bits per heavy atom. The van der Waals surface area contributed by atoms with Crippen LogP contribution in [0, 0.1) is 0 Å². The zero-order valence-electron chi connectivity index (χ0n) is 10.4. The highest BCUT2D eigenvalue weighted by Crippen LogP contribution is 2.15. The van der Waals surface area contributed by atoms with Crippen LogP contribution in [0.25, 0.3) is 0 Å². The SMILES string of the molecule is CCOC(C)(C)C(COC(C)C)NC. The van der Waals surface area contributed by atoms with Crippen molar-refractivity contribution in [3.8, 4) is 0 Å². The minimum Gasteiger partial charge on any atom is -0.377 e. The molecule has 3 nitrogen and oxygen atoms in total. The molecule has 0 spiro atoms. The Bertz CT molecular complexity index is 146. The molecule has 1 N–H and O–H groups in total. The summed E-state index contributed by atoms with van der Waals surface area (Å²) in [6.07, 6.45) is 0.267. The monoisotopic (exact) mass is 203 g/mol. The van der Waals surface area contributed by atoms with Crippen molar-refractivity contribution in [1.82, 2.24) is 5.32 Å². The molecular formula is C11H25NO2. The minimum atomic E-state index is -0.182. The summed E-state index contributed by atoms with van der Waals surface area (Å²) >= 11 is 0. The van der Waals surface area contributed by atoms with Gasteiger partial charge in [0.1, 0.15) is 0 Å². The maximum atomic E-state index is 5.67. The van der Waals surface area contributed by atoms with Crippen LogP contribution in [0.1, 0.15) is 34.6 Å². The quantitative estimate of drug-likeness (QED) is 0.684. The molecule has 0 aromatic heterocycles. The van der Waals surface area contributed by atoms with Crippen molar-refractivity contribution in [2.45, 2.75) is 52.4 Å². The van der Waals surface area contributed by atoms with Gasteiger partial charge in [-0.1, -0.05) is 0 Å². The zero-order valence-corrected chi connectivity index (χ0v) is 10.4. The molecule has 0 saturated heterocycles. The first-order valence-electron chi connectivity index (χ1n) is 5.36. The second kappa shape index (κ2) is 6.38. The van der Waals surface area contributed by atoms with E-state index in [0.29, 0.717) is 6.61 Å². The summed E-state index contributed by atoms with van der Waals surface area (Å²) in [6, 6.07) is 0.227. The molecule has 0 heterocycles. The van der Waals surface area contributed by atoms with Gasteiger partial charge in [0.25, 0.3) is 0 Å². The van der Waals surface area contributed by atoms with E-state index >= 15 is 0 Å². The van der Waals surface area contributed by atoms with Gasteiger partial charge in [0, 0.05) is 6.61 Å². The molecule has 1 atom stereocenters. The molecule has 0 bridgehead atoms. The molecule has 0 aromatic rings. The van der Waals surface area contributed by atoms with Crippen LogP contribution in [0.3, 0.4) is 0 Å². The summed E-state index contributed by atoms with van der Waals surface area (Å²) in [7, 11) is 1.94. The Balaban J connectivity index is 4.10. The van der Waals surface area contributed by atoms with Crippen LogP contribution in [0.2, 0.25) is 0 Å². The van der Waals surface area contributed by atoms with E-state index in [-0.39, 0.29) is 17.7 Å². The van der Waals surface area contributed by atoms with E-state index in [1.807, 2.05) is 27.8 Å². The van der Waals surface area contributed by atoms with Gasteiger partial charge in [-0.05, 0) is 41.7 Å².